The Labute approximate surface area is 252 Å². The topological polar surface area (TPSA) is 91.8 Å². The fourth-order valence-electron chi connectivity index (χ4n) is 4.01. The molecule has 228 valence electrons. The van der Waals surface area contributed by atoms with Crippen LogP contribution in [0.1, 0.15) is 56.7 Å². The summed E-state index contributed by atoms with van der Waals surface area (Å²) in [7, 11) is -9.98. The maximum absolute atomic E-state index is 6.76. The summed E-state index contributed by atoms with van der Waals surface area (Å²) < 4.78 is 45.2. The lowest BCUT2D eigenvalue weighted by molar-refractivity contribution is 0.257. The number of aryl methyl sites for hydroxylation is 3. The first kappa shape index (κ1) is 32.9. The lowest BCUT2D eigenvalue weighted by Crippen LogP contribution is -2.39. The van der Waals surface area contributed by atoms with Gasteiger partial charge in [-0.05, 0) is 98.0 Å². The number of nitrogens with zero attached hydrogens (tertiary/aromatic N) is 1. The lowest BCUT2D eigenvalue weighted by Gasteiger charge is -2.34. The first-order valence-corrected chi connectivity index (χ1v) is 19.2. The van der Waals surface area contributed by atoms with E-state index in [1.54, 1.807) is 0 Å². The molecule has 1 heterocycles. The third-order valence-electron chi connectivity index (χ3n) is 5.83. The Hall–Kier alpha value is -2.05. The summed E-state index contributed by atoms with van der Waals surface area (Å²) in [6.07, 6.45) is 2.27. The standard InChI is InChI=1S/C30H44N3O6P3/c1-7-19-34-40(37-28-16-10-13-25(4)22-28)31-41(35-20-8-2,38-29-17-11-14-26(5)23-29)33-42(32-40,36-21-9-3)39-30-18-12-15-27(6)24-30/h10-18,22-24,31-32H,7-9,19-21H2,1-6H3/q+2. The fraction of sp³-hybridized carbons (Fsp3) is 0.400. The highest BCUT2D eigenvalue weighted by molar-refractivity contribution is 7.88. The van der Waals surface area contributed by atoms with Gasteiger partial charge in [0.1, 0.15) is 5.75 Å². The summed E-state index contributed by atoms with van der Waals surface area (Å²) in [6.45, 7) is 13.4. The van der Waals surface area contributed by atoms with Crippen molar-refractivity contribution >= 4 is 23.7 Å². The van der Waals surface area contributed by atoms with Crippen molar-refractivity contribution in [1.82, 2.24) is 9.72 Å². The Morgan fingerprint density at radius 1 is 0.667 bits per heavy atom. The van der Waals surface area contributed by atoms with E-state index in [2.05, 4.69) is 16.6 Å². The highest BCUT2D eigenvalue weighted by atomic mass is 31.3. The maximum atomic E-state index is 6.76. The largest absolute Gasteiger partial charge is 0.571 e. The smallest absolute Gasteiger partial charge is 0.423 e. The van der Waals surface area contributed by atoms with Gasteiger partial charge < -0.3 is 4.52 Å². The van der Waals surface area contributed by atoms with Gasteiger partial charge in [-0.1, -0.05) is 57.2 Å². The molecular weight excluding hydrogens is 591 g/mol. The molecule has 0 bridgehead atoms. The van der Waals surface area contributed by atoms with Crippen molar-refractivity contribution in [3.05, 3.63) is 89.5 Å². The number of rotatable bonds is 15. The predicted molar refractivity (Wildman–Crippen MR) is 174 cm³/mol. The Bertz CT molecular complexity index is 1380. The zero-order valence-electron chi connectivity index (χ0n) is 25.4. The van der Waals surface area contributed by atoms with Gasteiger partial charge in [-0.25, -0.2) is 0 Å². The minimum atomic E-state index is -3.36. The number of hydrogen-bond acceptors (Lipinski definition) is 9. The number of hydrogen-bond donors (Lipinski definition) is 2. The van der Waals surface area contributed by atoms with Gasteiger partial charge in [0, 0.05) is 4.52 Å². The molecule has 0 spiro atoms. The molecule has 0 radical (unpaired) electrons. The molecule has 0 amide bonds. The van der Waals surface area contributed by atoms with Crippen molar-refractivity contribution in [1.29, 1.82) is 0 Å². The van der Waals surface area contributed by atoms with Gasteiger partial charge in [-0.2, -0.15) is 9.05 Å². The molecule has 0 saturated carbocycles. The van der Waals surface area contributed by atoms with Crippen molar-refractivity contribution in [2.75, 3.05) is 19.8 Å². The van der Waals surface area contributed by atoms with Gasteiger partial charge in [-0.3, -0.25) is 13.6 Å². The minimum Gasteiger partial charge on any atom is -0.423 e. The second-order valence-electron chi connectivity index (χ2n) is 10.1. The summed E-state index contributed by atoms with van der Waals surface area (Å²) in [6, 6.07) is 23.5. The molecule has 42 heavy (non-hydrogen) atoms. The molecule has 3 unspecified atom stereocenters. The van der Waals surface area contributed by atoms with Crippen LogP contribution in [0.3, 0.4) is 0 Å². The predicted octanol–water partition coefficient (Wildman–Crippen LogP) is 9.92. The second-order valence-corrected chi connectivity index (χ2v) is 16.9. The van der Waals surface area contributed by atoms with Crippen LogP contribution in [-0.2, 0) is 13.6 Å². The normalized spacial score (nSPS) is 23.7. The van der Waals surface area contributed by atoms with Gasteiger partial charge in [-0.15, -0.1) is 0 Å². The van der Waals surface area contributed by atoms with E-state index in [9.17, 15) is 0 Å². The number of benzene rings is 3. The van der Waals surface area contributed by atoms with Crippen molar-refractivity contribution in [3.63, 3.8) is 0 Å². The fourth-order valence-corrected chi connectivity index (χ4v) is 14.5. The van der Waals surface area contributed by atoms with Crippen LogP contribution in [-0.4, -0.2) is 19.8 Å². The summed E-state index contributed by atoms with van der Waals surface area (Å²) in [5, 5.41) is 0. The third kappa shape index (κ3) is 8.98. The van der Waals surface area contributed by atoms with Crippen molar-refractivity contribution in [3.8, 4) is 17.2 Å². The molecule has 3 aromatic rings. The van der Waals surface area contributed by atoms with E-state index in [-0.39, 0.29) is 0 Å². The molecule has 0 aromatic heterocycles. The summed E-state index contributed by atoms with van der Waals surface area (Å²) in [4.78, 5) is 7.08. The summed E-state index contributed by atoms with van der Waals surface area (Å²) >= 11 is 0. The molecule has 9 nitrogen and oxygen atoms in total. The Balaban J connectivity index is 1.93. The van der Waals surface area contributed by atoms with Crippen LogP contribution in [0.25, 0.3) is 0 Å². The van der Waals surface area contributed by atoms with E-state index in [4.69, 9.17) is 31.7 Å². The molecule has 4 rings (SSSR count). The Kier molecular flexibility index (Phi) is 11.8. The van der Waals surface area contributed by atoms with Crippen LogP contribution in [0.5, 0.6) is 17.2 Å². The van der Waals surface area contributed by atoms with Crippen LogP contribution in [0, 0.1) is 20.8 Å². The van der Waals surface area contributed by atoms with Crippen LogP contribution in [0.2, 0.25) is 0 Å². The van der Waals surface area contributed by atoms with Gasteiger partial charge in [0.15, 0.2) is 11.5 Å². The quantitative estimate of drug-likeness (QED) is 0.160. The molecule has 3 atom stereocenters. The van der Waals surface area contributed by atoms with Crippen molar-refractivity contribution in [2.45, 2.75) is 60.8 Å². The molecule has 12 heteroatoms. The molecule has 3 aromatic carbocycles. The molecule has 0 aliphatic carbocycles. The molecule has 0 saturated heterocycles. The highest BCUT2D eigenvalue weighted by Gasteiger charge is 2.72. The number of nitrogens with one attached hydrogen (secondary N) is 2. The van der Waals surface area contributed by atoms with Gasteiger partial charge in [0.05, 0.1) is 24.7 Å². The highest BCUT2D eigenvalue weighted by Crippen LogP contribution is 2.80. The first-order valence-electron chi connectivity index (χ1n) is 14.5. The van der Waals surface area contributed by atoms with E-state index in [1.165, 1.54) is 0 Å². The zero-order chi connectivity index (χ0) is 30.1. The minimum absolute atomic E-state index is 0.395. The maximum Gasteiger partial charge on any atom is 0.571 e. The summed E-state index contributed by atoms with van der Waals surface area (Å²) in [5.74, 6) is 1.87. The van der Waals surface area contributed by atoms with E-state index >= 15 is 0 Å². The molecular formula is C30H44N3O6P3+2. The van der Waals surface area contributed by atoms with E-state index in [1.807, 2.05) is 107 Å². The first-order chi connectivity index (χ1) is 20.2. The van der Waals surface area contributed by atoms with Crippen LogP contribution >= 0.6 is 23.7 Å². The third-order valence-corrected chi connectivity index (χ3v) is 14.8. The Morgan fingerprint density at radius 2 is 1.19 bits per heavy atom. The lowest BCUT2D eigenvalue weighted by atomic mass is 10.2. The Morgan fingerprint density at radius 3 is 1.76 bits per heavy atom. The van der Waals surface area contributed by atoms with Crippen molar-refractivity contribution in [2.24, 2.45) is 4.52 Å². The molecule has 0 fully saturated rings. The van der Waals surface area contributed by atoms with E-state index < -0.39 is 23.7 Å². The van der Waals surface area contributed by atoms with Crippen LogP contribution in [0.15, 0.2) is 77.3 Å². The van der Waals surface area contributed by atoms with Crippen LogP contribution < -0.4 is 23.3 Å². The monoisotopic (exact) mass is 635 g/mol. The SMILES string of the molecule is CCCOP1(Oc2cccc(C)c2)=N[P+](OCCC)(Oc2cccc(C)c2)N[P+](OCCC)(Oc2cccc(C)c2)N1. The molecule has 1 aliphatic rings. The average Bonchev–Trinajstić information content (AvgIpc) is 2.94. The van der Waals surface area contributed by atoms with E-state index in [0.29, 0.717) is 37.1 Å². The van der Waals surface area contributed by atoms with Crippen molar-refractivity contribution < 1.29 is 27.1 Å². The van der Waals surface area contributed by atoms with Crippen LogP contribution in [0.4, 0.5) is 0 Å². The van der Waals surface area contributed by atoms with Gasteiger partial charge >= 0.3 is 23.7 Å². The van der Waals surface area contributed by atoms with E-state index in [0.717, 1.165) is 36.0 Å². The molecule has 2 N–H and O–H groups in total. The molecule has 1 aliphatic heterocycles. The van der Waals surface area contributed by atoms with Gasteiger partial charge in [0.25, 0.3) is 0 Å². The summed E-state index contributed by atoms with van der Waals surface area (Å²) in [5.41, 5.74) is 3.16. The average molecular weight is 636 g/mol. The van der Waals surface area contributed by atoms with Gasteiger partial charge in [0.2, 0.25) is 0 Å². The zero-order valence-corrected chi connectivity index (χ0v) is 28.1. The second kappa shape index (κ2) is 15.1.